The van der Waals surface area contributed by atoms with Crippen molar-refractivity contribution in [2.45, 2.75) is 39.5 Å². The monoisotopic (exact) mass is 241 g/mol. The van der Waals surface area contributed by atoms with Crippen LogP contribution in [0.15, 0.2) is 6.07 Å². The summed E-state index contributed by atoms with van der Waals surface area (Å²) in [6, 6.07) is 1.98. The van der Waals surface area contributed by atoms with E-state index >= 15 is 0 Å². The fourth-order valence-electron chi connectivity index (χ4n) is 1.60. The highest BCUT2D eigenvalue weighted by molar-refractivity contribution is 6.17. The molecule has 4 heteroatoms. The molecule has 0 saturated carbocycles. The lowest BCUT2D eigenvalue weighted by molar-refractivity contribution is 0.686. The van der Waals surface area contributed by atoms with Gasteiger partial charge in [-0.3, -0.25) is 0 Å². The Labute approximate surface area is 103 Å². The third-order valence-corrected chi connectivity index (χ3v) is 2.60. The summed E-state index contributed by atoms with van der Waals surface area (Å²) < 4.78 is 0. The van der Waals surface area contributed by atoms with Crippen LogP contribution in [0.3, 0.4) is 0 Å². The number of nitrogens with zero attached hydrogens (tertiary/aromatic N) is 2. The van der Waals surface area contributed by atoms with E-state index in [0.29, 0.717) is 0 Å². The quantitative estimate of drug-likeness (QED) is 0.588. The van der Waals surface area contributed by atoms with E-state index in [1.54, 1.807) is 0 Å². The van der Waals surface area contributed by atoms with Crippen molar-refractivity contribution in [1.29, 1.82) is 0 Å². The lowest BCUT2D eigenvalue weighted by Gasteiger charge is -2.06. The molecule has 0 spiro atoms. The Balaban J connectivity index is 2.21. The van der Waals surface area contributed by atoms with Gasteiger partial charge in [0.2, 0.25) is 0 Å². The van der Waals surface area contributed by atoms with Gasteiger partial charge in [0.15, 0.2) is 0 Å². The molecular weight excluding hydrogens is 222 g/mol. The van der Waals surface area contributed by atoms with E-state index in [4.69, 9.17) is 11.6 Å². The molecule has 16 heavy (non-hydrogen) atoms. The Hall–Kier alpha value is -0.830. The minimum atomic E-state index is 0.776. The van der Waals surface area contributed by atoms with E-state index < -0.39 is 0 Å². The van der Waals surface area contributed by atoms with Crippen LogP contribution in [0, 0.1) is 13.8 Å². The molecule has 0 fully saturated rings. The second-order valence-corrected chi connectivity index (χ2v) is 4.35. The molecule has 0 aliphatic carbocycles. The SMILES string of the molecule is Cc1cc(NCCCCCCCl)nc(C)n1. The van der Waals surface area contributed by atoms with Crippen molar-refractivity contribution in [2.24, 2.45) is 0 Å². The largest absolute Gasteiger partial charge is 0.370 e. The number of unbranched alkanes of at least 4 members (excludes halogenated alkanes) is 3. The van der Waals surface area contributed by atoms with Crippen LogP contribution < -0.4 is 5.32 Å². The first-order valence-electron chi connectivity index (χ1n) is 5.84. The molecule has 1 N–H and O–H groups in total. The van der Waals surface area contributed by atoms with Gasteiger partial charge in [-0.05, 0) is 26.7 Å². The first-order valence-corrected chi connectivity index (χ1v) is 6.38. The molecule has 0 aliphatic rings. The second-order valence-electron chi connectivity index (χ2n) is 3.97. The Bertz CT molecular complexity index is 295. The number of anilines is 1. The molecule has 0 bridgehead atoms. The normalized spacial score (nSPS) is 10.4. The van der Waals surface area contributed by atoms with Crippen LogP contribution in [0.2, 0.25) is 0 Å². The van der Waals surface area contributed by atoms with Gasteiger partial charge in [-0.2, -0.15) is 0 Å². The zero-order valence-corrected chi connectivity index (χ0v) is 10.8. The van der Waals surface area contributed by atoms with Gasteiger partial charge in [0.05, 0.1) is 0 Å². The van der Waals surface area contributed by atoms with Crippen LogP contribution in [0.25, 0.3) is 0 Å². The van der Waals surface area contributed by atoms with Gasteiger partial charge >= 0.3 is 0 Å². The van der Waals surface area contributed by atoms with Crippen molar-refractivity contribution in [1.82, 2.24) is 9.97 Å². The maximum Gasteiger partial charge on any atom is 0.129 e. The van der Waals surface area contributed by atoms with Crippen LogP contribution in [-0.2, 0) is 0 Å². The van der Waals surface area contributed by atoms with Gasteiger partial charge in [-0.25, -0.2) is 9.97 Å². The molecule has 1 aromatic rings. The number of aryl methyl sites for hydroxylation is 2. The first kappa shape index (κ1) is 13.2. The molecule has 1 rings (SSSR count). The number of hydrogen-bond donors (Lipinski definition) is 1. The van der Waals surface area contributed by atoms with Crippen LogP contribution in [-0.4, -0.2) is 22.4 Å². The molecule has 0 aliphatic heterocycles. The van der Waals surface area contributed by atoms with Crippen molar-refractivity contribution in [2.75, 3.05) is 17.7 Å². The molecule has 0 saturated heterocycles. The van der Waals surface area contributed by atoms with Crippen molar-refractivity contribution in [3.8, 4) is 0 Å². The van der Waals surface area contributed by atoms with E-state index in [-0.39, 0.29) is 0 Å². The second kappa shape index (κ2) is 7.44. The lowest BCUT2D eigenvalue weighted by Crippen LogP contribution is -2.05. The topological polar surface area (TPSA) is 37.8 Å². The van der Waals surface area contributed by atoms with Gasteiger partial charge in [0.25, 0.3) is 0 Å². The number of nitrogens with one attached hydrogen (secondary N) is 1. The summed E-state index contributed by atoms with van der Waals surface area (Å²) in [6.45, 7) is 4.87. The maximum atomic E-state index is 5.61. The predicted octanol–water partition coefficient (Wildman–Crippen LogP) is 3.30. The van der Waals surface area contributed by atoms with E-state index in [0.717, 1.165) is 36.2 Å². The standard InChI is InChI=1S/C12H20ClN3/c1-10-9-12(16-11(2)15-10)14-8-6-4-3-5-7-13/h9H,3-8H2,1-2H3,(H,14,15,16). The van der Waals surface area contributed by atoms with E-state index in [1.165, 1.54) is 19.3 Å². The van der Waals surface area contributed by atoms with E-state index in [2.05, 4.69) is 15.3 Å². The number of rotatable bonds is 7. The van der Waals surface area contributed by atoms with Crippen LogP contribution in [0.1, 0.15) is 37.2 Å². The van der Waals surface area contributed by atoms with Crippen LogP contribution >= 0.6 is 11.6 Å². The summed E-state index contributed by atoms with van der Waals surface area (Å²) in [6.07, 6.45) is 4.72. The van der Waals surface area contributed by atoms with Crippen molar-refractivity contribution < 1.29 is 0 Å². The summed E-state index contributed by atoms with van der Waals surface area (Å²) in [5.74, 6) is 2.53. The molecule has 90 valence electrons. The highest BCUT2D eigenvalue weighted by Crippen LogP contribution is 2.07. The average Bonchev–Trinajstić information content (AvgIpc) is 2.22. The molecule has 1 aromatic heterocycles. The van der Waals surface area contributed by atoms with Gasteiger partial charge in [0, 0.05) is 24.2 Å². The summed E-state index contributed by atoms with van der Waals surface area (Å²) in [7, 11) is 0. The Morgan fingerprint density at radius 2 is 1.88 bits per heavy atom. The third-order valence-electron chi connectivity index (χ3n) is 2.33. The molecule has 0 radical (unpaired) electrons. The Kier molecular flexibility index (Phi) is 6.16. The summed E-state index contributed by atoms with van der Waals surface area (Å²) >= 11 is 5.61. The lowest BCUT2D eigenvalue weighted by atomic mass is 10.2. The Morgan fingerprint density at radius 3 is 2.56 bits per heavy atom. The Morgan fingerprint density at radius 1 is 1.12 bits per heavy atom. The molecule has 0 amide bonds. The number of alkyl halides is 1. The number of hydrogen-bond acceptors (Lipinski definition) is 3. The van der Waals surface area contributed by atoms with Crippen LogP contribution in [0.4, 0.5) is 5.82 Å². The van der Waals surface area contributed by atoms with Crippen molar-refractivity contribution >= 4 is 17.4 Å². The van der Waals surface area contributed by atoms with E-state index in [1.807, 2.05) is 19.9 Å². The smallest absolute Gasteiger partial charge is 0.129 e. The average molecular weight is 242 g/mol. The maximum absolute atomic E-state index is 5.61. The molecular formula is C12H20ClN3. The predicted molar refractivity (Wildman–Crippen MR) is 69.2 cm³/mol. The van der Waals surface area contributed by atoms with E-state index in [9.17, 15) is 0 Å². The number of halogens is 1. The van der Waals surface area contributed by atoms with Crippen LogP contribution in [0.5, 0.6) is 0 Å². The molecule has 0 atom stereocenters. The highest BCUT2D eigenvalue weighted by Gasteiger charge is 1.97. The number of aromatic nitrogens is 2. The zero-order chi connectivity index (χ0) is 11.8. The summed E-state index contributed by atoms with van der Waals surface area (Å²) in [5, 5.41) is 3.32. The molecule has 0 aromatic carbocycles. The van der Waals surface area contributed by atoms with Gasteiger partial charge in [-0.15, -0.1) is 11.6 Å². The zero-order valence-electron chi connectivity index (χ0n) is 10.1. The van der Waals surface area contributed by atoms with Gasteiger partial charge in [-0.1, -0.05) is 12.8 Å². The summed E-state index contributed by atoms with van der Waals surface area (Å²) in [4.78, 5) is 8.56. The molecule has 0 unspecified atom stereocenters. The van der Waals surface area contributed by atoms with Gasteiger partial charge in [0.1, 0.15) is 11.6 Å². The van der Waals surface area contributed by atoms with Crippen molar-refractivity contribution in [3.05, 3.63) is 17.6 Å². The molecule has 3 nitrogen and oxygen atoms in total. The summed E-state index contributed by atoms with van der Waals surface area (Å²) in [5.41, 5.74) is 1.01. The fraction of sp³-hybridized carbons (Fsp3) is 0.667. The molecule has 1 heterocycles. The first-order chi connectivity index (χ1) is 7.72. The highest BCUT2D eigenvalue weighted by atomic mass is 35.5. The van der Waals surface area contributed by atoms with Crippen molar-refractivity contribution in [3.63, 3.8) is 0 Å². The van der Waals surface area contributed by atoms with Gasteiger partial charge < -0.3 is 5.32 Å². The fourth-order valence-corrected chi connectivity index (χ4v) is 1.79. The minimum absolute atomic E-state index is 0.776. The third kappa shape index (κ3) is 5.31. The minimum Gasteiger partial charge on any atom is -0.370 e.